The Morgan fingerprint density at radius 1 is 1.45 bits per heavy atom. The Morgan fingerprint density at radius 2 is 2.09 bits per heavy atom. The Morgan fingerprint density at radius 3 is 2.64 bits per heavy atom. The van der Waals surface area contributed by atoms with E-state index in [4.69, 9.17) is 5.11 Å². The van der Waals surface area contributed by atoms with Crippen LogP contribution in [0.3, 0.4) is 0 Å². The average molecular weight is 171 g/mol. The quantitative estimate of drug-likeness (QED) is 0.595. The zero-order valence-electron chi connectivity index (χ0n) is 5.99. The smallest absolute Gasteiger partial charge is 0.144 e. The van der Waals surface area contributed by atoms with Crippen LogP contribution in [0, 0.1) is 0 Å². The van der Waals surface area contributed by atoms with Gasteiger partial charge in [-0.1, -0.05) is 9.24 Å². The number of nitrogens with zero attached hydrogens (tertiary/aromatic N) is 2. The summed E-state index contributed by atoms with van der Waals surface area (Å²) in [5.41, 5.74) is 1.49. The van der Waals surface area contributed by atoms with Crippen LogP contribution in [0.1, 0.15) is 0 Å². The van der Waals surface area contributed by atoms with Gasteiger partial charge in [-0.15, -0.1) is 0 Å². The number of anilines is 1. The average Bonchev–Trinajstić information content (AvgIpc) is 2.04. The molecule has 0 amide bonds. The van der Waals surface area contributed by atoms with Gasteiger partial charge in [-0.2, -0.15) is 0 Å². The van der Waals surface area contributed by atoms with E-state index in [-0.39, 0.29) is 6.61 Å². The predicted octanol–water partition coefficient (Wildman–Crippen LogP) is -0.619. The highest BCUT2D eigenvalue weighted by molar-refractivity contribution is 7.26. The molecule has 1 atom stereocenters. The van der Waals surface area contributed by atoms with Crippen molar-refractivity contribution in [2.45, 2.75) is 0 Å². The van der Waals surface area contributed by atoms with Gasteiger partial charge in [-0.05, 0) is 0 Å². The molecule has 0 aliphatic rings. The standard InChI is InChI=1S/C6H10N3OP/c10-2-1-7-5-3-8-6(11)9-4-5/h3-4,7,10H,1-2,11H2. The molecule has 1 rings (SSSR count). The van der Waals surface area contributed by atoms with Crippen LogP contribution in [0.15, 0.2) is 12.4 Å². The van der Waals surface area contributed by atoms with Crippen LogP contribution in [0.4, 0.5) is 5.69 Å². The van der Waals surface area contributed by atoms with Gasteiger partial charge in [0.15, 0.2) is 0 Å². The molecule has 5 heteroatoms. The van der Waals surface area contributed by atoms with Crippen molar-refractivity contribution in [2.75, 3.05) is 18.5 Å². The Bertz CT molecular complexity index is 214. The molecule has 0 radical (unpaired) electrons. The molecule has 2 N–H and O–H groups in total. The van der Waals surface area contributed by atoms with Gasteiger partial charge < -0.3 is 10.4 Å². The fraction of sp³-hybridized carbons (Fsp3) is 0.333. The first-order valence-electron chi connectivity index (χ1n) is 3.25. The zero-order chi connectivity index (χ0) is 8.10. The molecule has 0 aromatic carbocycles. The second-order valence-corrected chi connectivity index (χ2v) is 2.50. The van der Waals surface area contributed by atoms with Crippen molar-refractivity contribution in [1.82, 2.24) is 9.97 Å². The van der Waals surface area contributed by atoms with Crippen LogP contribution in [-0.2, 0) is 0 Å². The summed E-state index contributed by atoms with van der Waals surface area (Å²) in [6, 6.07) is 0. The lowest BCUT2D eigenvalue weighted by Gasteiger charge is -2.01. The maximum Gasteiger partial charge on any atom is 0.144 e. The first-order valence-corrected chi connectivity index (χ1v) is 3.83. The summed E-state index contributed by atoms with van der Waals surface area (Å²) in [4.78, 5) is 7.88. The second-order valence-electron chi connectivity index (χ2n) is 1.98. The molecule has 0 saturated carbocycles. The molecular weight excluding hydrogens is 161 g/mol. The molecule has 0 fully saturated rings. The Balaban J connectivity index is 2.52. The number of aromatic nitrogens is 2. The van der Waals surface area contributed by atoms with Crippen molar-refractivity contribution < 1.29 is 5.11 Å². The van der Waals surface area contributed by atoms with Crippen LogP contribution in [-0.4, -0.2) is 28.2 Å². The van der Waals surface area contributed by atoms with Crippen molar-refractivity contribution in [3.8, 4) is 0 Å². The van der Waals surface area contributed by atoms with Crippen molar-refractivity contribution in [2.24, 2.45) is 0 Å². The van der Waals surface area contributed by atoms with Gasteiger partial charge in [0.25, 0.3) is 0 Å². The van der Waals surface area contributed by atoms with E-state index in [1.807, 2.05) is 0 Å². The number of hydrogen-bond donors (Lipinski definition) is 2. The highest BCUT2D eigenvalue weighted by atomic mass is 31.0. The predicted molar refractivity (Wildman–Crippen MR) is 47.0 cm³/mol. The number of rotatable bonds is 3. The van der Waals surface area contributed by atoms with Crippen molar-refractivity contribution in [1.29, 1.82) is 0 Å². The molecular formula is C6H10N3OP. The molecule has 0 aliphatic heterocycles. The van der Waals surface area contributed by atoms with E-state index in [0.717, 1.165) is 5.69 Å². The fourth-order valence-electron chi connectivity index (χ4n) is 0.630. The SMILES string of the molecule is OCCNc1cnc(P)nc1. The van der Waals surface area contributed by atoms with Gasteiger partial charge in [0.1, 0.15) is 5.57 Å². The van der Waals surface area contributed by atoms with E-state index in [2.05, 4.69) is 24.5 Å². The molecule has 60 valence electrons. The molecule has 1 aromatic heterocycles. The summed E-state index contributed by atoms with van der Waals surface area (Å²) in [6.07, 6.45) is 3.34. The molecule has 4 nitrogen and oxygen atoms in total. The van der Waals surface area contributed by atoms with Crippen LogP contribution in [0.25, 0.3) is 0 Å². The van der Waals surface area contributed by atoms with Gasteiger partial charge >= 0.3 is 0 Å². The van der Waals surface area contributed by atoms with Crippen LogP contribution in [0.5, 0.6) is 0 Å². The number of nitrogens with one attached hydrogen (secondary N) is 1. The number of aliphatic hydroxyl groups excluding tert-OH is 1. The summed E-state index contributed by atoms with van der Waals surface area (Å²) in [5, 5.41) is 11.4. The third-order valence-corrected chi connectivity index (χ3v) is 1.41. The Labute approximate surface area is 67.3 Å². The lowest BCUT2D eigenvalue weighted by molar-refractivity contribution is 0.311. The largest absolute Gasteiger partial charge is 0.395 e. The monoisotopic (exact) mass is 171 g/mol. The first kappa shape index (κ1) is 8.37. The lowest BCUT2D eigenvalue weighted by atomic mass is 10.5. The van der Waals surface area contributed by atoms with Crippen molar-refractivity contribution in [3.63, 3.8) is 0 Å². The zero-order valence-corrected chi connectivity index (χ0v) is 7.14. The molecule has 0 spiro atoms. The van der Waals surface area contributed by atoms with Crippen molar-refractivity contribution >= 4 is 20.5 Å². The van der Waals surface area contributed by atoms with Gasteiger partial charge in [-0.3, -0.25) is 0 Å². The molecule has 1 heterocycles. The Kier molecular flexibility index (Phi) is 3.20. The van der Waals surface area contributed by atoms with E-state index < -0.39 is 0 Å². The third-order valence-electron chi connectivity index (χ3n) is 1.11. The van der Waals surface area contributed by atoms with E-state index in [9.17, 15) is 0 Å². The summed E-state index contributed by atoms with van der Waals surface area (Å²) < 4.78 is 0. The van der Waals surface area contributed by atoms with E-state index in [1.54, 1.807) is 12.4 Å². The van der Waals surface area contributed by atoms with Crippen LogP contribution >= 0.6 is 9.24 Å². The van der Waals surface area contributed by atoms with Crippen molar-refractivity contribution in [3.05, 3.63) is 12.4 Å². The number of aliphatic hydroxyl groups is 1. The van der Waals surface area contributed by atoms with E-state index in [0.29, 0.717) is 12.1 Å². The summed E-state index contributed by atoms with van der Waals surface area (Å²) in [6.45, 7) is 0.641. The summed E-state index contributed by atoms with van der Waals surface area (Å²) >= 11 is 0. The van der Waals surface area contributed by atoms with Gasteiger partial charge in [0, 0.05) is 6.54 Å². The second kappa shape index (κ2) is 4.21. The summed E-state index contributed by atoms with van der Waals surface area (Å²) in [5.74, 6) is 0. The van der Waals surface area contributed by atoms with E-state index >= 15 is 0 Å². The highest BCUT2D eigenvalue weighted by Gasteiger charge is 1.90. The first-order chi connectivity index (χ1) is 5.33. The van der Waals surface area contributed by atoms with Crippen LogP contribution in [0.2, 0.25) is 0 Å². The summed E-state index contributed by atoms with van der Waals surface area (Å²) in [7, 11) is 2.40. The fourth-order valence-corrected chi connectivity index (χ4v) is 0.779. The maximum absolute atomic E-state index is 8.47. The van der Waals surface area contributed by atoms with Gasteiger partial charge in [-0.25, -0.2) is 9.97 Å². The molecule has 0 aliphatic carbocycles. The normalized spacial score (nSPS) is 9.64. The maximum atomic E-state index is 8.47. The molecule has 1 unspecified atom stereocenters. The lowest BCUT2D eigenvalue weighted by Crippen LogP contribution is -2.09. The van der Waals surface area contributed by atoms with Crippen LogP contribution < -0.4 is 10.9 Å². The van der Waals surface area contributed by atoms with Gasteiger partial charge in [0.2, 0.25) is 0 Å². The van der Waals surface area contributed by atoms with Gasteiger partial charge in [0.05, 0.1) is 24.7 Å². The molecule has 0 bridgehead atoms. The number of hydrogen-bond acceptors (Lipinski definition) is 4. The third kappa shape index (κ3) is 2.78. The van der Waals surface area contributed by atoms with E-state index in [1.165, 1.54) is 0 Å². The molecule has 0 saturated heterocycles. The minimum atomic E-state index is 0.114. The molecule has 11 heavy (non-hydrogen) atoms. The topological polar surface area (TPSA) is 58.0 Å². The molecule has 1 aromatic rings. The highest BCUT2D eigenvalue weighted by Crippen LogP contribution is 1.98. The Hall–Kier alpha value is -0.730. The minimum absolute atomic E-state index is 0.114. The minimum Gasteiger partial charge on any atom is -0.395 e.